The van der Waals surface area contributed by atoms with Crippen LogP contribution in [0.15, 0.2) is 6.33 Å². The molecule has 4 nitrogen and oxygen atoms in total. The van der Waals surface area contributed by atoms with Crippen molar-refractivity contribution >= 4 is 0 Å². The maximum absolute atomic E-state index is 6.13. The highest BCUT2D eigenvalue weighted by molar-refractivity contribution is 4.91. The molecule has 0 aromatic carbocycles. The maximum atomic E-state index is 6.13. The Morgan fingerprint density at radius 3 is 3.00 bits per heavy atom. The molecule has 2 unspecified atom stereocenters. The van der Waals surface area contributed by atoms with Crippen molar-refractivity contribution < 1.29 is 0 Å². The lowest BCUT2D eigenvalue weighted by Crippen LogP contribution is -2.34. The van der Waals surface area contributed by atoms with E-state index >= 15 is 0 Å². The monoisotopic (exact) mass is 208 g/mol. The van der Waals surface area contributed by atoms with Crippen LogP contribution in [0.1, 0.15) is 38.4 Å². The summed E-state index contributed by atoms with van der Waals surface area (Å²) in [7, 11) is 0. The van der Waals surface area contributed by atoms with Gasteiger partial charge in [0.25, 0.3) is 0 Å². The first-order valence-corrected chi connectivity index (χ1v) is 5.93. The van der Waals surface area contributed by atoms with Crippen molar-refractivity contribution in [1.29, 1.82) is 0 Å². The summed E-state index contributed by atoms with van der Waals surface area (Å²) in [4.78, 5) is 4.31. The van der Waals surface area contributed by atoms with Crippen molar-refractivity contribution in [2.75, 3.05) is 0 Å². The molecular weight excluding hydrogens is 188 g/mol. The Morgan fingerprint density at radius 2 is 2.27 bits per heavy atom. The van der Waals surface area contributed by atoms with Gasteiger partial charge in [0.15, 0.2) is 0 Å². The van der Waals surface area contributed by atoms with Crippen molar-refractivity contribution in [3.63, 3.8) is 0 Å². The summed E-state index contributed by atoms with van der Waals surface area (Å²) in [5.74, 6) is 1.70. The molecule has 2 atom stereocenters. The fourth-order valence-electron chi connectivity index (χ4n) is 2.43. The molecule has 2 N–H and O–H groups in total. The van der Waals surface area contributed by atoms with Crippen LogP contribution in [-0.2, 0) is 13.0 Å². The third-order valence-corrected chi connectivity index (χ3v) is 3.41. The third kappa shape index (κ3) is 2.37. The summed E-state index contributed by atoms with van der Waals surface area (Å²) >= 11 is 0. The van der Waals surface area contributed by atoms with Crippen LogP contribution in [0.2, 0.25) is 0 Å². The van der Waals surface area contributed by atoms with Gasteiger partial charge in [-0.1, -0.05) is 12.8 Å². The van der Waals surface area contributed by atoms with Gasteiger partial charge in [-0.2, -0.15) is 5.10 Å². The van der Waals surface area contributed by atoms with Gasteiger partial charge in [0.1, 0.15) is 12.2 Å². The van der Waals surface area contributed by atoms with Crippen molar-refractivity contribution in [3.8, 4) is 0 Å². The van der Waals surface area contributed by atoms with E-state index in [1.54, 1.807) is 6.33 Å². The average molecular weight is 208 g/mol. The zero-order valence-corrected chi connectivity index (χ0v) is 9.39. The van der Waals surface area contributed by atoms with Crippen LogP contribution >= 0.6 is 0 Å². The second-order valence-electron chi connectivity index (χ2n) is 4.40. The zero-order valence-electron chi connectivity index (χ0n) is 9.39. The van der Waals surface area contributed by atoms with Gasteiger partial charge in [0.05, 0.1) is 0 Å². The van der Waals surface area contributed by atoms with Gasteiger partial charge in [-0.3, -0.25) is 4.68 Å². The molecule has 0 bridgehead atoms. The summed E-state index contributed by atoms with van der Waals surface area (Å²) < 4.78 is 1.97. The molecule has 1 aromatic rings. The normalized spacial score (nSPS) is 26.8. The van der Waals surface area contributed by atoms with E-state index in [-0.39, 0.29) is 0 Å². The predicted octanol–water partition coefficient (Wildman–Crippen LogP) is 1.36. The van der Waals surface area contributed by atoms with Crippen LogP contribution in [0.25, 0.3) is 0 Å². The molecule has 0 spiro atoms. The SMILES string of the molecule is CCn1ncnc1CC1CCCCC1N. The van der Waals surface area contributed by atoms with E-state index in [0.29, 0.717) is 12.0 Å². The molecule has 1 aromatic heterocycles. The first-order valence-electron chi connectivity index (χ1n) is 5.93. The third-order valence-electron chi connectivity index (χ3n) is 3.41. The van der Waals surface area contributed by atoms with Crippen molar-refractivity contribution in [3.05, 3.63) is 12.2 Å². The number of aryl methyl sites for hydroxylation is 1. The van der Waals surface area contributed by atoms with Crippen molar-refractivity contribution in [2.24, 2.45) is 11.7 Å². The molecule has 0 aliphatic heterocycles. The molecule has 1 saturated carbocycles. The molecule has 4 heteroatoms. The van der Waals surface area contributed by atoms with Crippen molar-refractivity contribution in [1.82, 2.24) is 14.8 Å². The largest absolute Gasteiger partial charge is 0.327 e. The number of aromatic nitrogens is 3. The number of nitrogens with two attached hydrogens (primary N) is 1. The second kappa shape index (κ2) is 4.75. The van der Waals surface area contributed by atoms with Gasteiger partial charge in [0.2, 0.25) is 0 Å². The number of hydrogen-bond donors (Lipinski definition) is 1. The van der Waals surface area contributed by atoms with Crippen LogP contribution < -0.4 is 5.73 Å². The lowest BCUT2D eigenvalue weighted by molar-refractivity contribution is 0.298. The minimum absolute atomic E-state index is 0.362. The first kappa shape index (κ1) is 10.6. The Balaban J connectivity index is 2.01. The Hall–Kier alpha value is -0.900. The molecule has 2 rings (SSSR count). The fraction of sp³-hybridized carbons (Fsp3) is 0.818. The van der Waals surface area contributed by atoms with E-state index in [4.69, 9.17) is 5.73 Å². The smallest absolute Gasteiger partial charge is 0.138 e. The highest BCUT2D eigenvalue weighted by Crippen LogP contribution is 2.25. The maximum Gasteiger partial charge on any atom is 0.138 e. The minimum Gasteiger partial charge on any atom is -0.327 e. The lowest BCUT2D eigenvalue weighted by Gasteiger charge is -2.28. The quantitative estimate of drug-likeness (QED) is 0.816. The number of hydrogen-bond acceptors (Lipinski definition) is 3. The molecule has 1 fully saturated rings. The molecule has 1 aliphatic rings. The first-order chi connectivity index (χ1) is 7.31. The van der Waals surface area contributed by atoms with E-state index in [1.165, 1.54) is 25.7 Å². The Morgan fingerprint density at radius 1 is 1.47 bits per heavy atom. The second-order valence-corrected chi connectivity index (χ2v) is 4.40. The van der Waals surface area contributed by atoms with E-state index in [2.05, 4.69) is 17.0 Å². The molecule has 0 amide bonds. The molecule has 1 heterocycles. The standard InChI is InChI=1S/C11H20N4/c1-2-15-11(13-8-14-15)7-9-5-3-4-6-10(9)12/h8-10H,2-7,12H2,1H3. The van der Waals surface area contributed by atoms with E-state index < -0.39 is 0 Å². The Kier molecular flexibility index (Phi) is 3.36. The molecule has 0 saturated heterocycles. The van der Waals surface area contributed by atoms with E-state index in [1.807, 2.05) is 4.68 Å². The molecule has 1 aliphatic carbocycles. The topological polar surface area (TPSA) is 56.7 Å². The summed E-state index contributed by atoms with van der Waals surface area (Å²) in [6, 6.07) is 0.362. The van der Waals surface area contributed by atoms with Gasteiger partial charge in [-0.25, -0.2) is 4.98 Å². The predicted molar refractivity (Wildman–Crippen MR) is 59.3 cm³/mol. The van der Waals surface area contributed by atoms with Gasteiger partial charge in [-0.05, 0) is 25.7 Å². The van der Waals surface area contributed by atoms with Crippen LogP contribution in [-0.4, -0.2) is 20.8 Å². The Labute approximate surface area is 90.9 Å². The highest BCUT2D eigenvalue weighted by Gasteiger charge is 2.23. The van der Waals surface area contributed by atoms with Gasteiger partial charge in [-0.15, -0.1) is 0 Å². The number of rotatable bonds is 3. The van der Waals surface area contributed by atoms with Crippen molar-refractivity contribution in [2.45, 2.75) is 51.6 Å². The van der Waals surface area contributed by atoms with E-state index in [9.17, 15) is 0 Å². The summed E-state index contributed by atoms with van der Waals surface area (Å²) in [5, 5.41) is 4.19. The summed E-state index contributed by atoms with van der Waals surface area (Å²) in [5.41, 5.74) is 6.13. The molecule has 84 valence electrons. The van der Waals surface area contributed by atoms with Crippen LogP contribution in [0, 0.1) is 5.92 Å². The van der Waals surface area contributed by atoms with Crippen LogP contribution in [0.5, 0.6) is 0 Å². The van der Waals surface area contributed by atoms with Crippen LogP contribution in [0.3, 0.4) is 0 Å². The zero-order chi connectivity index (χ0) is 10.7. The van der Waals surface area contributed by atoms with Gasteiger partial charge in [0, 0.05) is 19.0 Å². The fourth-order valence-corrected chi connectivity index (χ4v) is 2.43. The number of nitrogens with zero attached hydrogens (tertiary/aromatic N) is 3. The molecular formula is C11H20N4. The minimum atomic E-state index is 0.362. The molecule has 0 radical (unpaired) electrons. The lowest BCUT2D eigenvalue weighted by atomic mass is 9.83. The van der Waals surface area contributed by atoms with Gasteiger partial charge < -0.3 is 5.73 Å². The van der Waals surface area contributed by atoms with Gasteiger partial charge >= 0.3 is 0 Å². The molecule has 15 heavy (non-hydrogen) atoms. The highest BCUT2D eigenvalue weighted by atomic mass is 15.3. The summed E-state index contributed by atoms with van der Waals surface area (Å²) in [6.07, 6.45) is 7.67. The van der Waals surface area contributed by atoms with E-state index in [0.717, 1.165) is 18.8 Å². The van der Waals surface area contributed by atoms with Crippen LogP contribution in [0.4, 0.5) is 0 Å². The Bertz CT molecular complexity index is 307. The average Bonchev–Trinajstić information content (AvgIpc) is 2.69. The summed E-state index contributed by atoms with van der Waals surface area (Å²) in [6.45, 7) is 3.00.